The first-order valence-corrected chi connectivity index (χ1v) is 48.9. The number of aliphatic hydroxyl groups is 1. The van der Waals surface area contributed by atoms with E-state index in [-0.39, 0.29) is 93.8 Å². The van der Waals surface area contributed by atoms with Crippen molar-refractivity contribution in [3.8, 4) is 22.3 Å². The van der Waals surface area contributed by atoms with Gasteiger partial charge in [-0.1, -0.05) is 57.0 Å². The van der Waals surface area contributed by atoms with Gasteiger partial charge in [0, 0.05) is 96.6 Å². The molecular weight excluding hydrogens is 1760 g/mol. The molecule has 3 aliphatic heterocycles. The highest BCUT2D eigenvalue weighted by Gasteiger charge is 2.48. The van der Waals surface area contributed by atoms with Crippen LogP contribution in [0.2, 0.25) is 0 Å². The highest BCUT2D eigenvalue weighted by atomic mass is 32.2. The van der Waals surface area contributed by atoms with Crippen molar-refractivity contribution in [3.63, 3.8) is 0 Å². The van der Waals surface area contributed by atoms with Crippen molar-refractivity contribution in [3.05, 3.63) is 131 Å². The number of aromatic nitrogens is 2. The lowest BCUT2D eigenvalue weighted by atomic mass is 9.78. The van der Waals surface area contributed by atoms with Crippen LogP contribution in [0.5, 0.6) is 0 Å². The molecule has 0 saturated carbocycles. The van der Waals surface area contributed by atoms with Crippen LogP contribution in [0, 0.1) is 0 Å². The van der Waals surface area contributed by atoms with E-state index in [4.69, 9.17) is 26.4 Å². The molecule has 12 N–H and O–H groups in total. The molecule has 2 unspecified atom stereocenters. The molecule has 42 nitrogen and oxygen atoms in total. The number of unbranched alkanes of at least 4 members (excludes halogenated alkanes) is 3. The van der Waals surface area contributed by atoms with Gasteiger partial charge in [-0.05, 0) is 121 Å². The van der Waals surface area contributed by atoms with Crippen LogP contribution in [0.1, 0.15) is 126 Å². The minimum atomic E-state index is -5.30. The van der Waals surface area contributed by atoms with Gasteiger partial charge in [0.2, 0.25) is 5.69 Å². The second-order valence-corrected chi connectivity index (χ2v) is 40.9. The van der Waals surface area contributed by atoms with E-state index in [0.717, 1.165) is 30.3 Å². The summed E-state index contributed by atoms with van der Waals surface area (Å²) in [5, 5.41) is 19.2. The summed E-state index contributed by atoms with van der Waals surface area (Å²) >= 11 is 0. The number of amides is 4. The van der Waals surface area contributed by atoms with Gasteiger partial charge in [-0.25, -0.2) is 23.0 Å². The summed E-state index contributed by atoms with van der Waals surface area (Å²) < 4.78 is 299. The van der Waals surface area contributed by atoms with Crippen LogP contribution in [0.15, 0.2) is 107 Å². The van der Waals surface area contributed by atoms with E-state index in [2.05, 4.69) is 31.2 Å². The highest BCUT2D eigenvalue weighted by molar-refractivity contribution is 7.87. The van der Waals surface area contributed by atoms with Gasteiger partial charge in [-0.3, -0.25) is 55.5 Å². The van der Waals surface area contributed by atoms with Gasteiger partial charge < -0.3 is 45.5 Å². The molecule has 0 aliphatic carbocycles. The van der Waals surface area contributed by atoms with Gasteiger partial charge in [0.05, 0.1) is 64.0 Å². The molecule has 51 heteroatoms. The fourth-order valence-electron chi connectivity index (χ4n) is 13.8. The number of benzene rings is 4. The Morgan fingerprint density at radius 2 is 1.00 bits per heavy atom. The van der Waals surface area contributed by atoms with Crippen LogP contribution >= 0.6 is 7.82 Å². The zero-order chi connectivity index (χ0) is 88.7. The van der Waals surface area contributed by atoms with Crippen LogP contribution in [0.4, 0.5) is 11.4 Å². The first kappa shape index (κ1) is 96.0. The summed E-state index contributed by atoms with van der Waals surface area (Å²) in [4.78, 5) is 73.1. The maximum absolute atomic E-state index is 13.9. The first-order chi connectivity index (χ1) is 54.8. The summed E-state index contributed by atoms with van der Waals surface area (Å²) in [6.07, 6.45) is 3.99. The van der Waals surface area contributed by atoms with Crippen molar-refractivity contribution in [2.75, 3.05) is 86.1 Å². The van der Waals surface area contributed by atoms with Crippen molar-refractivity contribution in [1.82, 2.24) is 31.2 Å². The summed E-state index contributed by atoms with van der Waals surface area (Å²) in [5.41, 5.74) is -2.72. The maximum Gasteiger partial charge on any atom is 0.472 e. The molecule has 2 aromatic heterocycles. The van der Waals surface area contributed by atoms with Crippen molar-refractivity contribution in [2.24, 2.45) is 0 Å². The van der Waals surface area contributed by atoms with Crippen molar-refractivity contribution in [1.29, 1.82) is 0 Å². The zero-order valence-corrected chi connectivity index (χ0v) is 70.9. The Hall–Kier alpha value is -8.45. The SMILES string of the molecule is C[C@H]1CC(O)[C@@H](COP(=O)(O)OCCCCCCN2/C(=C/C=C/C3=[N+](CCCS(=O)(=O)[O-])c4cc(S(=O)(=O)O)c5cc(-c6cc(C(=O)NCCS(=O)(=O)O)nc(C(=O)NCCS(=O)(=O)O)c6)ccc5c4C3(C)C)C(C)(C)c3c2cc(S(=O)(=O)O)c2cc(-c4cc(C(=O)NCCS(=O)(=O)O)nc(C(=O)NCCS(=O)(=O)O)c4)ccc32)O1.O=S(=O)=O. The monoisotopic (exact) mass is 1840 g/mol. The number of aliphatic hydroxyl groups excluding tert-OH is 1. The predicted molar refractivity (Wildman–Crippen MR) is 423 cm³/mol. The number of hydrogen-bond acceptors (Lipinski definition) is 30. The van der Waals surface area contributed by atoms with Gasteiger partial charge in [0.15, 0.2) is 5.71 Å². The lowest BCUT2D eigenvalue weighted by Crippen LogP contribution is -2.32. The highest BCUT2D eigenvalue weighted by Crippen LogP contribution is 2.54. The third-order valence-corrected chi connectivity index (χ3v) is 25.3. The summed E-state index contributed by atoms with van der Waals surface area (Å²) in [6, 6.07) is 15.3. The van der Waals surface area contributed by atoms with Crippen molar-refractivity contribution < 1.29 is 156 Å². The number of nitrogens with one attached hydrogen (secondary N) is 4. The fourth-order valence-corrected chi connectivity index (χ4v) is 17.9. The lowest BCUT2D eigenvalue weighted by Gasteiger charge is -2.27. The number of carbonyl (C=O) groups is 4. The van der Waals surface area contributed by atoms with E-state index in [0.29, 0.717) is 48.2 Å². The molecule has 119 heavy (non-hydrogen) atoms. The van der Waals surface area contributed by atoms with E-state index in [1.807, 2.05) is 0 Å². The number of hydrogen-bond donors (Lipinski definition) is 12. The van der Waals surface area contributed by atoms with E-state index in [1.165, 1.54) is 47.0 Å². The number of pyridine rings is 2. The molecule has 4 amide bonds. The molecule has 0 bridgehead atoms. The summed E-state index contributed by atoms with van der Waals surface area (Å²) in [7, 11) is -41.6. The Bertz CT molecular complexity index is 6030. The summed E-state index contributed by atoms with van der Waals surface area (Å²) in [5.74, 6) is -9.01. The van der Waals surface area contributed by atoms with Gasteiger partial charge in [-0.2, -0.15) is 55.1 Å². The Kier molecular flexibility index (Phi) is 30.6. The van der Waals surface area contributed by atoms with Crippen LogP contribution < -0.4 is 26.2 Å². The maximum atomic E-state index is 13.9. The van der Waals surface area contributed by atoms with E-state index in [9.17, 15) is 125 Å². The van der Waals surface area contributed by atoms with Crippen molar-refractivity contribution >= 4 is 152 Å². The topological polar surface area (TPSA) is 668 Å². The number of carbonyl (C=O) groups excluding carboxylic acids is 4. The van der Waals surface area contributed by atoms with Gasteiger partial charge in [-0.15, -0.1) is 12.6 Å². The predicted octanol–water partition coefficient (Wildman–Crippen LogP) is 2.86. The van der Waals surface area contributed by atoms with E-state index in [1.54, 1.807) is 57.7 Å². The number of nitrogens with zero attached hydrogens (tertiary/aromatic N) is 4. The largest absolute Gasteiger partial charge is 0.748 e. The standard InChI is InChI=1S/C68H83N8O31PS7.O3S/c1-40-30-55(77)56(107-40)39-106-108(82,83)105-24-9-7-6-8-22-75-53-37-57(114(99,100)101)47-31-41(43-33-49(63(78)69-18-26-110(87,88)89)73-50(34-43)64(79)70-19-27-111(90,91)92)14-16-45(47)61(53)67(2,3)59(75)12-10-13-60-68(4,5)62-46-17-15-42(32-48(46)58(115(102,103)104)38-54(62)76(60)23-11-25-109(84,85)86)44-35-51(65(80)71-20-28-112(93,94)95)74-52(36-44)66(81)72-21-29-113(96,97)98;1-4(2)3/h10,12-17,31-38,40,55-56,77H,6-9,11,18-30,39H2,1-5H3,(H11-,69,70,71,72,78,79,80,81,82,83,84,85,86,87,88,89,90,91,92,93,94,95,96,97,98,99,100,101,102,103,104);/t40-,55?,56+;/m0./s1. The Morgan fingerprint density at radius 1 is 0.580 bits per heavy atom. The first-order valence-electron chi connectivity index (χ1n) is 35.5. The Balaban J connectivity index is 0.00000431. The molecule has 0 spiro atoms. The number of phosphoric ester groups is 1. The van der Waals surface area contributed by atoms with Gasteiger partial charge >= 0.3 is 18.4 Å². The zero-order valence-electron chi connectivity index (χ0n) is 63.5. The molecular formula is C68H83N8O34PS8. The molecule has 4 aromatic carbocycles. The van der Waals surface area contributed by atoms with Gasteiger partial charge in [0.1, 0.15) is 45.2 Å². The van der Waals surface area contributed by atoms with Crippen molar-refractivity contribution in [2.45, 2.75) is 112 Å². The Morgan fingerprint density at radius 3 is 1.40 bits per heavy atom. The number of allylic oxidation sites excluding steroid dienone is 4. The minimum absolute atomic E-state index is 0.0243. The fraction of sp³-hybridized carbons (Fsp3) is 0.426. The quantitative estimate of drug-likeness (QED) is 0.0115. The minimum Gasteiger partial charge on any atom is -0.748 e. The van der Waals surface area contributed by atoms with Crippen LogP contribution in [0.25, 0.3) is 43.8 Å². The van der Waals surface area contributed by atoms with Crippen LogP contribution in [-0.4, -0.2) is 257 Å². The van der Waals surface area contributed by atoms with Crippen LogP contribution in [-0.2, 0) is 111 Å². The molecule has 0 radical (unpaired) electrons. The normalized spacial score (nSPS) is 17.7. The average molecular weight is 1840 g/mol. The van der Waals surface area contributed by atoms with Gasteiger partial charge in [0.25, 0.3) is 84.3 Å². The average Bonchev–Trinajstić information content (AvgIpc) is 1.55. The van der Waals surface area contributed by atoms with Crippen LogP contribution in [0.3, 0.4) is 0 Å². The van der Waals surface area contributed by atoms with E-state index < -0.39 is 230 Å². The number of phosphoric acid groups is 1. The third-order valence-electron chi connectivity index (χ3n) is 18.9. The number of anilines is 1. The molecule has 6 aromatic rings. The molecule has 652 valence electrons. The molecule has 1 saturated heterocycles. The molecule has 3 aliphatic rings. The Labute approximate surface area is 684 Å². The smallest absolute Gasteiger partial charge is 0.472 e. The molecule has 4 atom stereocenters. The number of fused-ring (bicyclic) bond motifs is 6. The molecule has 9 rings (SSSR count). The lowest BCUT2D eigenvalue weighted by molar-refractivity contribution is -0.437. The molecule has 5 heterocycles. The molecule has 1 fully saturated rings. The second-order valence-electron chi connectivity index (χ2n) is 28.4. The summed E-state index contributed by atoms with van der Waals surface area (Å²) in [6.45, 7) is 5.26. The second kappa shape index (κ2) is 37.9. The van der Waals surface area contributed by atoms with E-state index >= 15 is 0 Å². The third kappa shape index (κ3) is 26.3. The number of ether oxygens (including phenoxy) is 1. The number of rotatable bonds is 37.